The highest BCUT2D eigenvalue weighted by Gasteiger charge is 2.26. The average molecular weight is 477 g/mol. The Morgan fingerprint density at radius 2 is 1.81 bits per heavy atom. The first kappa shape index (κ1) is 23.3. The zero-order valence-corrected chi connectivity index (χ0v) is 19.6. The zero-order chi connectivity index (χ0) is 22.5. The van der Waals surface area contributed by atoms with Crippen molar-refractivity contribution in [2.24, 2.45) is 13.0 Å². The molecule has 3 aromatic rings. The van der Waals surface area contributed by atoms with Crippen LogP contribution in [0.5, 0.6) is 0 Å². The van der Waals surface area contributed by atoms with Crippen molar-refractivity contribution in [1.29, 1.82) is 0 Å². The van der Waals surface area contributed by atoms with Gasteiger partial charge < -0.3 is 9.88 Å². The maximum atomic E-state index is 12.8. The molecule has 9 heteroatoms. The topological polar surface area (TPSA) is 76.9 Å². The van der Waals surface area contributed by atoms with Crippen LogP contribution < -0.4 is 5.32 Å². The minimum Gasteiger partial charge on any atom is -0.342 e. The Kier molecular flexibility index (Phi) is 7.75. The van der Waals surface area contributed by atoms with Crippen molar-refractivity contribution < 1.29 is 9.59 Å². The third-order valence-electron chi connectivity index (χ3n) is 4.70. The molecule has 0 aliphatic rings. The smallest absolute Gasteiger partial charge is 0.253 e. The molecule has 1 heterocycles. The number of rotatable bonds is 8. The van der Waals surface area contributed by atoms with Crippen LogP contribution in [0.2, 0.25) is 10.0 Å². The van der Waals surface area contributed by atoms with Crippen LogP contribution in [0.25, 0.3) is 0 Å². The van der Waals surface area contributed by atoms with Gasteiger partial charge >= 0.3 is 0 Å². The van der Waals surface area contributed by atoms with Crippen LogP contribution in [0.1, 0.15) is 46.4 Å². The lowest BCUT2D eigenvalue weighted by Crippen LogP contribution is -2.33. The highest BCUT2D eigenvalue weighted by Crippen LogP contribution is 2.26. The fraction of sp³-hybridized carbons (Fsp3) is 0.273. The van der Waals surface area contributed by atoms with Crippen molar-refractivity contribution in [3.05, 3.63) is 75.5 Å². The van der Waals surface area contributed by atoms with Crippen LogP contribution in [0, 0.1) is 5.92 Å². The molecule has 0 saturated carbocycles. The summed E-state index contributed by atoms with van der Waals surface area (Å²) in [6.45, 7) is 3.96. The van der Waals surface area contributed by atoms with Crippen LogP contribution in [-0.4, -0.2) is 32.2 Å². The number of carbonyl (C=O) groups excluding carboxylic acids is 2. The summed E-state index contributed by atoms with van der Waals surface area (Å²) in [4.78, 5) is 25.2. The predicted molar refractivity (Wildman–Crippen MR) is 124 cm³/mol. The number of nitrogens with one attached hydrogen (secondary N) is 1. The van der Waals surface area contributed by atoms with E-state index in [4.69, 9.17) is 23.2 Å². The molecule has 1 N–H and O–H groups in total. The summed E-state index contributed by atoms with van der Waals surface area (Å²) in [5.74, 6) is 0.581. The van der Waals surface area contributed by atoms with Crippen LogP contribution in [-0.2, 0) is 7.05 Å². The number of amides is 1. The summed E-state index contributed by atoms with van der Waals surface area (Å²) in [6, 6.07) is 13.5. The van der Waals surface area contributed by atoms with Gasteiger partial charge in [0.25, 0.3) is 5.91 Å². The fourth-order valence-electron chi connectivity index (χ4n) is 2.98. The summed E-state index contributed by atoms with van der Waals surface area (Å²) >= 11 is 13.4. The standard InChI is InChI=1S/C22H22Cl2N4O2S/c1-13(2)19(25-21(30)16-10-9-15(23)11-17(16)24)20-26-27-22(28(20)3)31-12-18(29)14-7-5-4-6-8-14/h4-11,13,19H,12H2,1-3H3,(H,25,30). The van der Waals surface area contributed by atoms with E-state index < -0.39 is 6.04 Å². The van der Waals surface area contributed by atoms with Gasteiger partial charge in [-0.2, -0.15) is 0 Å². The number of ketones is 1. The minimum absolute atomic E-state index is 0.0150. The summed E-state index contributed by atoms with van der Waals surface area (Å²) in [6.07, 6.45) is 0. The van der Waals surface area contributed by atoms with Gasteiger partial charge in [-0.15, -0.1) is 10.2 Å². The van der Waals surface area contributed by atoms with Crippen LogP contribution in [0.3, 0.4) is 0 Å². The molecular weight excluding hydrogens is 455 g/mol. The van der Waals surface area contributed by atoms with Gasteiger partial charge in [-0.25, -0.2) is 0 Å². The molecule has 1 unspecified atom stereocenters. The molecule has 162 valence electrons. The van der Waals surface area contributed by atoms with E-state index in [0.29, 0.717) is 27.1 Å². The number of hydrogen-bond donors (Lipinski definition) is 1. The molecule has 3 rings (SSSR count). The van der Waals surface area contributed by atoms with Crippen molar-refractivity contribution in [3.8, 4) is 0 Å². The monoisotopic (exact) mass is 476 g/mol. The molecule has 6 nitrogen and oxygen atoms in total. The number of thioether (sulfide) groups is 1. The molecule has 0 radical (unpaired) electrons. The number of Topliss-reactive ketones (excluding diaryl/α,β-unsaturated/α-hetero) is 1. The number of carbonyl (C=O) groups is 2. The highest BCUT2D eigenvalue weighted by molar-refractivity contribution is 7.99. The van der Waals surface area contributed by atoms with Crippen molar-refractivity contribution in [1.82, 2.24) is 20.1 Å². The third-order valence-corrected chi connectivity index (χ3v) is 6.27. The van der Waals surface area contributed by atoms with Crippen molar-refractivity contribution in [3.63, 3.8) is 0 Å². The van der Waals surface area contributed by atoms with E-state index in [1.54, 1.807) is 28.8 Å². The molecule has 31 heavy (non-hydrogen) atoms. The Morgan fingerprint density at radius 1 is 1.10 bits per heavy atom. The second kappa shape index (κ2) is 10.3. The van der Waals surface area contributed by atoms with Gasteiger partial charge in [0.15, 0.2) is 16.8 Å². The van der Waals surface area contributed by atoms with Gasteiger partial charge in [0, 0.05) is 17.6 Å². The van der Waals surface area contributed by atoms with E-state index in [9.17, 15) is 9.59 Å². The van der Waals surface area contributed by atoms with Gasteiger partial charge in [0.1, 0.15) is 0 Å². The summed E-state index contributed by atoms with van der Waals surface area (Å²) in [5.41, 5.74) is 0.992. The van der Waals surface area contributed by atoms with Gasteiger partial charge in [-0.3, -0.25) is 9.59 Å². The van der Waals surface area contributed by atoms with Gasteiger partial charge in [-0.1, -0.05) is 79.1 Å². The second-order valence-electron chi connectivity index (χ2n) is 7.30. The molecule has 1 aromatic heterocycles. The lowest BCUT2D eigenvalue weighted by atomic mass is 10.0. The van der Waals surface area contributed by atoms with Gasteiger partial charge in [-0.05, 0) is 24.1 Å². The third kappa shape index (κ3) is 5.67. The summed E-state index contributed by atoms with van der Waals surface area (Å²) < 4.78 is 1.80. The number of nitrogens with zero attached hydrogens (tertiary/aromatic N) is 3. The van der Waals surface area contributed by atoms with E-state index >= 15 is 0 Å². The molecule has 0 bridgehead atoms. The first-order valence-corrected chi connectivity index (χ1v) is 11.4. The van der Waals surface area contributed by atoms with Crippen LogP contribution in [0.15, 0.2) is 53.7 Å². The molecule has 0 spiro atoms. The number of halogens is 2. The van der Waals surface area contributed by atoms with Crippen molar-refractivity contribution in [2.45, 2.75) is 25.0 Å². The molecule has 0 fully saturated rings. The second-order valence-corrected chi connectivity index (χ2v) is 9.08. The van der Waals surface area contributed by atoms with E-state index in [2.05, 4.69) is 15.5 Å². The quantitative estimate of drug-likeness (QED) is 0.356. The molecule has 0 saturated heterocycles. The Labute approximate surface area is 195 Å². The predicted octanol–water partition coefficient (Wildman–Crippen LogP) is 5.22. The number of hydrogen-bond acceptors (Lipinski definition) is 5. The Bertz CT molecular complexity index is 1090. The average Bonchev–Trinajstić information content (AvgIpc) is 3.10. The SMILES string of the molecule is CC(C)C(NC(=O)c1ccc(Cl)cc1Cl)c1nnc(SCC(=O)c2ccccc2)n1C. The van der Waals surface area contributed by atoms with Crippen molar-refractivity contribution in [2.75, 3.05) is 5.75 Å². The maximum Gasteiger partial charge on any atom is 0.253 e. The molecule has 2 aromatic carbocycles. The van der Waals surface area contributed by atoms with E-state index in [1.807, 2.05) is 39.1 Å². The number of aromatic nitrogens is 3. The van der Waals surface area contributed by atoms with Crippen molar-refractivity contribution >= 4 is 46.7 Å². The van der Waals surface area contributed by atoms with Gasteiger partial charge in [0.2, 0.25) is 0 Å². The maximum absolute atomic E-state index is 12.8. The Hall–Kier alpha value is -2.35. The first-order valence-electron chi connectivity index (χ1n) is 9.64. The summed E-state index contributed by atoms with van der Waals surface area (Å²) in [5, 5.41) is 12.8. The van der Waals surface area contributed by atoms with E-state index in [-0.39, 0.29) is 28.4 Å². The Balaban J connectivity index is 1.74. The fourth-order valence-corrected chi connectivity index (χ4v) is 4.29. The molecular formula is C22H22Cl2N4O2S. The van der Waals surface area contributed by atoms with Crippen LogP contribution >= 0.6 is 35.0 Å². The highest BCUT2D eigenvalue weighted by atomic mass is 35.5. The van der Waals surface area contributed by atoms with E-state index in [0.717, 1.165) is 0 Å². The lowest BCUT2D eigenvalue weighted by molar-refractivity contribution is 0.0921. The molecule has 1 atom stereocenters. The van der Waals surface area contributed by atoms with E-state index in [1.165, 1.54) is 17.8 Å². The number of benzene rings is 2. The summed E-state index contributed by atoms with van der Waals surface area (Å²) in [7, 11) is 1.82. The first-order chi connectivity index (χ1) is 14.8. The molecule has 1 amide bonds. The normalized spacial score (nSPS) is 12.1. The largest absolute Gasteiger partial charge is 0.342 e. The Morgan fingerprint density at radius 3 is 2.45 bits per heavy atom. The minimum atomic E-state index is -0.393. The zero-order valence-electron chi connectivity index (χ0n) is 17.3. The molecule has 0 aliphatic heterocycles. The molecule has 0 aliphatic carbocycles. The van der Waals surface area contributed by atoms with Gasteiger partial charge in [0.05, 0.1) is 22.4 Å². The lowest BCUT2D eigenvalue weighted by Gasteiger charge is -2.22. The van der Waals surface area contributed by atoms with Crippen LogP contribution in [0.4, 0.5) is 0 Å².